The number of aryl methyl sites for hydroxylation is 1. The summed E-state index contributed by atoms with van der Waals surface area (Å²) >= 11 is 0. The van der Waals surface area contributed by atoms with E-state index in [1.54, 1.807) is 24.5 Å². The molecule has 2 heterocycles. The van der Waals surface area contributed by atoms with Crippen molar-refractivity contribution >= 4 is 0 Å². The van der Waals surface area contributed by atoms with Crippen molar-refractivity contribution < 1.29 is 27.0 Å². The second-order valence-electron chi connectivity index (χ2n) is 10.2. The summed E-state index contributed by atoms with van der Waals surface area (Å²) in [7, 11) is 0. The first-order valence-electron chi connectivity index (χ1n) is 16.4. The topological polar surface area (TPSA) is 25.8 Å². The Hall–Kier alpha value is -4.17. The molecule has 43 heavy (non-hydrogen) atoms. The van der Waals surface area contributed by atoms with E-state index in [4.69, 9.17) is 5.48 Å². The molecule has 0 aliphatic carbocycles. The summed E-state index contributed by atoms with van der Waals surface area (Å²) in [6, 6.07) is 44.2. The first-order valence-corrected chi connectivity index (χ1v) is 13.9. The molecule has 2 nitrogen and oxygen atoms in total. The van der Waals surface area contributed by atoms with Crippen molar-refractivity contribution in [2.75, 3.05) is 0 Å². The van der Waals surface area contributed by atoms with Gasteiger partial charge in [0.25, 0.3) is 0 Å². The fraction of sp³-hybridized carbons (Fsp3) is 0.150. The molecule has 0 saturated heterocycles. The Morgan fingerprint density at radius 1 is 0.698 bits per heavy atom. The number of pyridine rings is 2. The van der Waals surface area contributed by atoms with Gasteiger partial charge in [0.1, 0.15) is 0 Å². The van der Waals surface area contributed by atoms with Gasteiger partial charge >= 0.3 is 0 Å². The molecule has 1 radical (unpaired) electrons. The van der Waals surface area contributed by atoms with Gasteiger partial charge < -0.3 is 9.97 Å². The fourth-order valence-corrected chi connectivity index (χ4v) is 4.63. The van der Waals surface area contributed by atoms with E-state index in [0.29, 0.717) is 11.3 Å². The van der Waals surface area contributed by atoms with Gasteiger partial charge in [-0.15, -0.1) is 71.3 Å². The Kier molecular flexibility index (Phi) is 9.04. The van der Waals surface area contributed by atoms with E-state index < -0.39 is 18.6 Å². The van der Waals surface area contributed by atoms with E-state index in [2.05, 4.69) is 22.1 Å². The predicted molar refractivity (Wildman–Crippen MR) is 175 cm³/mol. The molecular weight excluding hydrogens is 701 g/mol. The molecule has 1 atom stereocenters. The normalized spacial score (nSPS) is 14.2. The second kappa shape index (κ2) is 15.3. The summed E-state index contributed by atoms with van der Waals surface area (Å²) in [6.07, 6.45) is 3.54. The summed E-state index contributed by atoms with van der Waals surface area (Å²) in [5, 5.41) is 0. The SMILES string of the molecule is [2H]C(C)(C)c1ccnc(-c2[c-]cccc2)c1.[2H]C([2H])([2H])c1c[c-]c(-c2cc(C([2H])(C)c3ccccc3)c(-c3ccccc3)cn2)cc1.[Ir]. The summed E-state index contributed by atoms with van der Waals surface area (Å²) in [5.41, 5.74) is 7.99. The largest absolute Gasteiger partial charge is 0.305 e. The minimum atomic E-state index is -2.17. The Labute approximate surface area is 277 Å². The van der Waals surface area contributed by atoms with E-state index in [1.807, 2.05) is 124 Å². The van der Waals surface area contributed by atoms with Crippen molar-refractivity contribution in [1.82, 2.24) is 9.97 Å². The van der Waals surface area contributed by atoms with Gasteiger partial charge in [-0.2, -0.15) is 0 Å². The summed E-state index contributed by atoms with van der Waals surface area (Å²) in [4.78, 5) is 8.94. The molecule has 6 rings (SSSR count). The molecule has 0 aliphatic rings. The molecule has 0 aliphatic heterocycles. The summed E-state index contributed by atoms with van der Waals surface area (Å²) < 4.78 is 39.9. The zero-order valence-electron chi connectivity index (χ0n) is 29.4. The van der Waals surface area contributed by atoms with Gasteiger partial charge in [0.05, 0.1) is 0 Å². The zero-order chi connectivity index (χ0) is 33.7. The van der Waals surface area contributed by atoms with Crippen molar-refractivity contribution in [2.24, 2.45) is 0 Å². The van der Waals surface area contributed by atoms with Gasteiger partial charge in [-0.05, 0) is 40.0 Å². The van der Waals surface area contributed by atoms with Crippen LogP contribution in [0.25, 0.3) is 33.6 Å². The van der Waals surface area contributed by atoms with E-state index in [0.717, 1.165) is 39.1 Å². The van der Waals surface area contributed by atoms with Gasteiger partial charge in [-0.25, -0.2) is 0 Å². The average molecular weight is 742 g/mol. The number of hydrogen-bond donors (Lipinski definition) is 0. The van der Waals surface area contributed by atoms with Crippen LogP contribution in [0.4, 0.5) is 0 Å². The summed E-state index contributed by atoms with van der Waals surface area (Å²) in [6.45, 7) is 3.47. The summed E-state index contributed by atoms with van der Waals surface area (Å²) in [5.74, 6) is -1.60. The van der Waals surface area contributed by atoms with Crippen molar-refractivity contribution in [2.45, 2.75) is 39.4 Å². The fourth-order valence-electron chi connectivity index (χ4n) is 4.63. The van der Waals surface area contributed by atoms with E-state index in [9.17, 15) is 1.37 Å². The molecule has 0 N–H and O–H groups in total. The minimum Gasteiger partial charge on any atom is -0.305 e. The number of nitrogens with zero attached hydrogens (tertiary/aromatic N) is 2. The monoisotopic (exact) mass is 742 g/mol. The number of hydrogen-bond acceptors (Lipinski definition) is 2. The van der Waals surface area contributed by atoms with Crippen molar-refractivity contribution in [3.05, 3.63) is 168 Å². The maximum absolute atomic E-state index is 9.26. The van der Waals surface area contributed by atoms with E-state index in [1.165, 1.54) is 6.07 Å². The van der Waals surface area contributed by atoms with Crippen LogP contribution < -0.4 is 0 Å². The van der Waals surface area contributed by atoms with Gasteiger partial charge in [0.2, 0.25) is 0 Å². The molecule has 4 aromatic carbocycles. The maximum Gasteiger partial charge on any atom is 0.0399 e. The maximum atomic E-state index is 9.26. The van der Waals surface area contributed by atoms with Crippen molar-refractivity contribution in [1.29, 1.82) is 0 Å². The van der Waals surface area contributed by atoms with Gasteiger partial charge in [-0.3, -0.25) is 0 Å². The third kappa shape index (κ3) is 8.23. The third-order valence-electron chi connectivity index (χ3n) is 7.01. The van der Waals surface area contributed by atoms with Crippen LogP contribution in [0.15, 0.2) is 134 Å². The van der Waals surface area contributed by atoms with E-state index in [-0.39, 0.29) is 25.7 Å². The molecule has 6 aromatic rings. The molecule has 0 bridgehead atoms. The smallest absolute Gasteiger partial charge is 0.0399 e. The average Bonchev–Trinajstić information content (AvgIpc) is 3.09. The number of benzene rings is 4. The minimum absolute atomic E-state index is 0. The Balaban J connectivity index is 0.000000258. The van der Waals surface area contributed by atoms with E-state index >= 15 is 0 Å². The van der Waals surface area contributed by atoms with Crippen molar-refractivity contribution in [3.8, 4) is 33.6 Å². The van der Waals surface area contributed by atoms with Crippen LogP contribution in [0, 0.1) is 19.0 Å². The quantitative estimate of drug-likeness (QED) is 0.159. The van der Waals surface area contributed by atoms with Gasteiger partial charge in [0, 0.05) is 50.8 Å². The number of aromatic nitrogens is 2. The molecule has 217 valence electrons. The van der Waals surface area contributed by atoms with Gasteiger partial charge in [0.15, 0.2) is 0 Å². The van der Waals surface area contributed by atoms with Crippen molar-refractivity contribution in [3.63, 3.8) is 0 Å². The molecule has 0 spiro atoms. The molecule has 0 saturated carbocycles. The number of rotatable bonds is 6. The molecular formula is C40H36IrN2-2. The van der Waals surface area contributed by atoms with Crippen LogP contribution in [0.3, 0.4) is 0 Å². The third-order valence-corrected chi connectivity index (χ3v) is 7.01. The first kappa shape index (κ1) is 25.3. The Bertz CT molecular complexity index is 1900. The molecule has 3 heteroatoms. The van der Waals surface area contributed by atoms with Crippen LogP contribution in [0.2, 0.25) is 0 Å². The van der Waals surface area contributed by atoms with Crippen LogP contribution >= 0.6 is 0 Å². The predicted octanol–water partition coefficient (Wildman–Crippen LogP) is 10.3. The second-order valence-corrected chi connectivity index (χ2v) is 10.2. The Morgan fingerprint density at radius 3 is 2.05 bits per heavy atom. The van der Waals surface area contributed by atoms with Crippen LogP contribution in [-0.2, 0) is 20.1 Å². The first-order chi connectivity index (χ1) is 22.3. The molecule has 0 fully saturated rings. The van der Waals surface area contributed by atoms with Crippen LogP contribution in [0.1, 0.15) is 61.7 Å². The molecule has 1 unspecified atom stereocenters. The Morgan fingerprint density at radius 2 is 1.40 bits per heavy atom. The van der Waals surface area contributed by atoms with Crippen LogP contribution in [0.5, 0.6) is 0 Å². The van der Waals surface area contributed by atoms with Crippen LogP contribution in [-0.4, -0.2) is 9.97 Å². The van der Waals surface area contributed by atoms with Gasteiger partial charge in [-0.1, -0.05) is 106 Å². The molecule has 2 aromatic heterocycles. The zero-order valence-corrected chi connectivity index (χ0v) is 26.8. The molecule has 0 amide bonds. The standard InChI is InChI=1S/C26H22N.C14H14N.Ir/c1-19-13-15-23(16-14-19)26-17-24(20(2)21-9-5-3-6-10-21)25(18-27-26)22-11-7-4-8-12-22;1-11(2)13-8-9-15-14(10-13)12-6-4-3-5-7-12;/h3-15,17-18,20H,1-2H3;3-6,8-11H,1-2H3;/q2*-1;/i1D3,20D;11D;.